The van der Waals surface area contributed by atoms with Gasteiger partial charge in [0.1, 0.15) is 0 Å². The van der Waals surface area contributed by atoms with Crippen LogP contribution in [0.5, 0.6) is 0 Å². The summed E-state index contributed by atoms with van der Waals surface area (Å²) in [6.07, 6.45) is 2.54. The molecule has 2 atom stereocenters. The van der Waals surface area contributed by atoms with E-state index in [0.717, 1.165) is 36.4 Å². The number of carbonyl (C=O) groups is 1. The molecule has 4 heteroatoms. The van der Waals surface area contributed by atoms with Crippen molar-refractivity contribution in [3.8, 4) is 0 Å². The Morgan fingerprint density at radius 2 is 1.56 bits per heavy atom. The van der Waals surface area contributed by atoms with Crippen LogP contribution in [0.4, 0.5) is 0 Å². The Morgan fingerprint density at radius 1 is 0.960 bits per heavy atom. The van der Waals surface area contributed by atoms with Crippen LogP contribution in [0.15, 0.2) is 65.6 Å². The van der Waals surface area contributed by atoms with Gasteiger partial charge < -0.3 is 10.0 Å². The number of carbonyl (C=O) groups excluding carboxylic acids is 1. The summed E-state index contributed by atoms with van der Waals surface area (Å²) in [6, 6.07) is 19.6. The number of hydrogen-bond acceptors (Lipinski definition) is 3. The minimum atomic E-state index is -0.771. The highest BCUT2D eigenvalue weighted by Crippen LogP contribution is 2.30. The maximum absolute atomic E-state index is 13.1. The van der Waals surface area contributed by atoms with E-state index in [4.69, 9.17) is 0 Å². The second-order valence-electron chi connectivity index (χ2n) is 6.47. The molecule has 0 aromatic heterocycles. The van der Waals surface area contributed by atoms with E-state index in [0.29, 0.717) is 5.75 Å². The van der Waals surface area contributed by atoms with Gasteiger partial charge in [0, 0.05) is 23.7 Å². The lowest BCUT2D eigenvalue weighted by atomic mass is 9.95. The van der Waals surface area contributed by atoms with Gasteiger partial charge in [-0.3, -0.25) is 4.79 Å². The monoisotopic (exact) mass is 355 g/mol. The predicted octanol–water partition coefficient (Wildman–Crippen LogP) is 4.14. The summed E-state index contributed by atoms with van der Waals surface area (Å²) in [4.78, 5) is 16.1. The Morgan fingerprint density at radius 3 is 2.20 bits per heavy atom. The van der Waals surface area contributed by atoms with E-state index in [-0.39, 0.29) is 5.91 Å². The molecule has 3 rings (SSSR count). The molecule has 2 aromatic rings. The second kappa shape index (κ2) is 9.07. The predicted molar refractivity (Wildman–Crippen MR) is 102 cm³/mol. The van der Waals surface area contributed by atoms with Crippen LogP contribution in [0.1, 0.15) is 30.9 Å². The lowest BCUT2D eigenvalue weighted by Crippen LogP contribution is -2.42. The van der Waals surface area contributed by atoms with Crippen molar-refractivity contribution in [3.05, 3.63) is 66.2 Å². The third-order valence-electron chi connectivity index (χ3n) is 4.68. The molecule has 0 spiro atoms. The lowest BCUT2D eigenvalue weighted by molar-refractivity contribution is -0.139. The van der Waals surface area contributed by atoms with Gasteiger partial charge in [0.15, 0.2) is 0 Å². The fourth-order valence-electron chi connectivity index (χ4n) is 3.23. The van der Waals surface area contributed by atoms with Crippen LogP contribution >= 0.6 is 11.8 Å². The molecule has 1 heterocycles. The largest absolute Gasteiger partial charge is 0.388 e. The number of thioether (sulfide) groups is 1. The zero-order valence-electron chi connectivity index (χ0n) is 14.4. The molecule has 132 valence electrons. The van der Waals surface area contributed by atoms with Gasteiger partial charge in [0.2, 0.25) is 5.91 Å². The number of hydrogen-bond donors (Lipinski definition) is 1. The average Bonchev–Trinajstić information content (AvgIpc) is 2.70. The van der Waals surface area contributed by atoms with E-state index in [1.54, 1.807) is 11.8 Å². The SMILES string of the molecule is O=C([C@@H](CSc1ccccc1)[C@@H](O)c1ccccc1)N1CCCCC1. The first-order valence-corrected chi connectivity index (χ1v) is 9.94. The van der Waals surface area contributed by atoms with Crippen molar-refractivity contribution in [2.24, 2.45) is 5.92 Å². The molecular weight excluding hydrogens is 330 g/mol. The molecule has 0 bridgehead atoms. The molecule has 3 nitrogen and oxygen atoms in total. The van der Waals surface area contributed by atoms with Crippen molar-refractivity contribution in [2.45, 2.75) is 30.3 Å². The quantitative estimate of drug-likeness (QED) is 0.792. The van der Waals surface area contributed by atoms with Gasteiger partial charge in [-0.1, -0.05) is 48.5 Å². The molecule has 1 aliphatic rings. The summed E-state index contributed by atoms with van der Waals surface area (Å²) in [5.41, 5.74) is 0.812. The maximum atomic E-state index is 13.1. The van der Waals surface area contributed by atoms with Gasteiger partial charge in [-0.25, -0.2) is 0 Å². The number of rotatable bonds is 6. The van der Waals surface area contributed by atoms with Crippen LogP contribution in [0, 0.1) is 5.92 Å². The summed E-state index contributed by atoms with van der Waals surface area (Å²) >= 11 is 1.64. The Labute approximate surface area is 154 Å². The Bertz CT molecular complexity index is 656. The summed E-state index contributed by atoms with van der Waals surface area (Å²) in [5.74, 6) is 0.236. The zero-order chi connectivity index (χ0) is 17.5. The third-order valence-corrected chi connectivity index (χ3v) is 5.81. The van der Waals surface area contributed by atoms with Crippen LogP contribution in [-0.4, -0.2) is 34.8 Å². The first-order chi connectivity index (χ1) is 12.3. The van der Waals surface area contributed by atoms with Gasteiger partial charge in [-0.05, 0) is 37.0 Å². The van der Waals surface area contributed by atoms with E-state index in [1.807, 2.05) is 65.6 Å². The van der Waals surface area contributed by atoms with Gasteiger partial charge in [0.25, 0.3) is 0 Å². The standard InChI is InChI=1S/C21H25NO2S/c23-20(17-10-4-1-5-11-17)19(16-25-18-12-6-2-7-13-18)21(24)22-14-8-3-9-15-22/h1-2,4-7,10-13,19-20,23H,3,8-9,14-16H2/t19-,20-/m0/s1. The molecule has 1 saturated heterocycles. The van der Waals surface area contributed by atoms with Gasteiger partial charge >= 0.3 is 0 Å². The van der Waals surface area contributed by atoms with Crippen molar-refractivity contribution in [1.29, 1.82) is 0 Å². The average molecular weight is 356 g/mol. The molecule has 0 unspecified atom stereocenters. The number of piperidine rings is 1. The molecule has 1 aliphatic heterocycles. The molecule has 1 amide bonds. The third kappa shape index (κ3) is 4.86. The maximum Gasteiger partial charge on any atom is 0.229 e. The summed E-state index contributed by atoms with van der Waals surface area (Å²) in [5, 5.41) is 10.9. The van der Waals surface area contributed by atoms with E-state index in [2.05, 4.69) is 0 Å². The Balaban J connectivity index is 1.76. The van der Waals surface area contributed by atoms with Crippen LogP contribution in [-0.2, 0) is 4.79 Å². The Kier molecular flexibility index (Phi) is 6.54. The second-order valence-corrected chi connectivity index (χ2v) is 7.57. The van der Waals surface area contributed by atoms with E-state index in [1.165, 1.54) is 6.42 Å². The molecule has 0 radical (unpaired) electrons. The number of amides is 1. The van der Waals surface area contributed by atoms with Crippen LogP contribution in [0.3, 0.4) is 0 Å². The van der Waals surface area contributed by atoms with E-state index < -0.39 is 12.0 Å². The number of aliphatic hydroxyl groups excluding tert-OH is 1. The van der Waals surface area contributed by atoms with Crippen LogP contribution < -0.4 is 0 Å². The highest BCUT2D eigenvalue weighted by Gasteiger charge is 2.32. The van der Waals surface area contributed by atoms with Crippen LogP contribution in [0.2, 0.25) is 0 Å². The summed E-state index contributed by atoms with van der Waals surface area (Å²) in [6.45, 7) is 1.62. The molecular formula is C21H25NO2S. The fraction of sp³-hybridized carbons (Fsp3) is 0.381. The van der Waals surface area contributed by atoms with Gasteiger partial charge in [-0.15, -0.1) is 11.8 Å². The minimum absolute atomic E-state index is 0.0829. The van der Waals surface area contributed by atoms with E-state index >= 15 is 0 Å². The first kappa shape index (κ1) is 18.0. The van der Waals surface area contributed by atoms with E-state index in [9.17, 15) is 9.90 Å². The zero-order valence-corrected chi connectivity index (χ0v) is 15.2. The number of likely N-dealkylation sites (tertiary alicyclic amines) is 1. The molecule has 0 aliphatic carbocycles. The molecule has 25 heavy (non-hydrogen) atoms. The molecule has 1 N–H and O–H groups in total. The topological polar surface area (TPSA) is 40.5 Å². The normalized spacial score (nSPS) is 17.1. The number of nitrogens with zero attached hydrogens (tertiary/aromatic N) is 1. The summed E-state index contributed by atoms with van der Waals surface area (Å²) in [7, 11) is 0. The number of benzene rings is 2. The molecule has 1 fully saturated rings. The van der Waals surface area contributed by atoms with Crippen molar-refractivity contribution in [3.63, 3.8) is 0 Å². The Hall–Kier alpha value is -1.78. The minimum Gasteiger partial charge on any atom is -0.388 e. The first-order valence-electron chi connectivity index (χ1n) is 8.95. The number of aliphatic hydroxyl groups is 1. The van der Waals surface area contributed by atoms with Crippen molar-refractivity contribution >= 4 is 17.7 Å². The lowest BCUT2D eigenvalue weighted by Gasteiger charge is -2.32. The van der Waals surface area contributed by atoms with Crippen molar-refractivity contribution in [2.75, 3.05) is 18.8 Å². The van der Waals surface area contributed by atoms with Crippen LogP contribution in [0.25, 0.3) is 0 Å². The van der Waals surface area contributed by atoms with Gasteiger partial charge in [0.05, 0.1) is 12.0 Å². The van der Waals surface area contributed by atoms with Gasteiger partial charge in [-0.2, -0.15) is 0 Å². The smallest absolute Gasteiger partial charge is 0.229 e. The molecule has 2 aromatic carbocycles. The van der Waals surface area contributed by atoms with Crippen molar-refractivity contribution < 1.29 is 9.90 Å². The highest BCUT2D eigenvalue weighted by atomic mass is 32.2. The highest BCUT2D eigenvalue weighted by molar-refractivity contribution is 7.99. The fourth-order valence-corrected chi connectivity index (χ4v) is 4.28. The van der Waals surface area contributed by atoms with Crippen molar-refractivity contribution in [1.82, 2.24) is 4.90 Å². The molecule has 0 saturated carbocycles. The summed E-state index contributed by atoms with van der Waals surface area (Å²) < 4.78 is 0.